The molecule has 5 nitrogen and oxygen atoms in total. The largest absolute Gasteiger partial charge is 0.494 e. The van der Waals surface area contributed by atoms with Crippen LogP contribution in [0, 0.1) is 11.3 Å². The van der Waals surface area contributed by atoms with E-state index in [0.717, 1.165) is 42.0 Å². The lowest BCUT2D eigenvalue weighted by atomic mass is 9.99. The summed E-state index contributed by atoms with van der Waals surface area (Å²) < 4.78 is 5.72. The van der Waals surface area contributed by atoms with Crippen LogP contribution in [0.4, 0.5) is 0 Å². The zero-order valence-corrected chi connectivity index (χ0v) is 13.9. The second-order valence-corrected chi connectivity index (χ2v) is 5.90. The van der Waals surface area contributed by atoms with Gasteiger partial charge in [0.2, 0.25) is 5.91 Å². The molecule has 0 saturated heterocycles. The summed E-state index contributed by atoms with van der Waals surface area (Å²) in [5, 5.41) is 12.0. The zero-order chi connectivity index (χ0) is 16.7. The number of nitrogens with zero attached hydrogens (tertiary/aromatic N) is 1. The highest BCUT2D eigenvalue weighted by Crippen LogP contribution is 2.16. The molecule has 1 heterocycles. The summed E-state index contributed by atoms with van der Waals surface area (Å²) in [5.74, 6) is 1.16. The normalized spacial score (nSPS) is 15.6. The Morgan fingerprint density at radius 3 is 2.70 bits per heavy atom. The number of carbonyl (C=O) groups is 1. The molecule has 0 aliphatic carbocycles. The average Bonchev–Trinajstić information content (AvgIpc) is 2.59. The minimum Gasteiger partial charge on any atom is -0.494 e. The molecule has 1 aliphatic rings. The minimum atomic E-state index is -0.0309. The molecule has 0 aromatic heterocycles. The first-order chi connectivity index (χ1) is 11.1. The maximum absolute atomic E-state index is 11.1. The molecule has 1 aromatic rings. The first kappa shape index (κ1) is 17.2. The minimum absolute atomic E-state index is 0.0309. The molecule has 1 amide bonds. The van der Waals surface area contributed by atoms with Gasteiger partial charge < -0.3 is 10.1 Å². The standard InChI is InChI=1S/C18H25N3O2/c1-3-13(2)16(19)5-4-12-23-15-8-6-14(7-9-15)17-10-11-18(22)21-20-17/h6-9,13,19H,3-5,10-12H2,1-2H3,(H,21,22)/t13-/m1/s1. The van der Waals surface area contributed by atoms with Gasteiger partial charge in [-0.05, 0) is 55.0 Å². The number of amides is 1. The fraction of sp³-hybridized carbons (Fsp3) is 0.500. The lowest BCUT2D eigenvalue weighted by Gasteiger charge is -2.13. The molecule has 0 radical (unpaired) electrons. The molecule has 1 aliphatic heterocycles. The third-order valence-electron chi connectivity index (χ3n) is 4.16. The summed E-state index contributed by atoms with van der Waals surface area (Å²) in [4.78, 5) is 11.1. The third kappa shape index (κ3) is 5.20. The fourth-order valence-electron chi connectivity index (χ4n) is 2.37. The van der Waals surface area contributed by atoms with Gasteiger partial charge in [-0.25, -0.2) is 5.43 Å². The Labute approximate surface area is 137 Å². The van der Waals surface area contributed by atoms with Crippen molar-refractivity contribution in [3.05, 3.63) is 29.8 Å². The van der Waals surface area contributed by atoms with Crippen LogP contribution in [0.15, 0.2) is 29.4 Å². The molecule has 2 rings (SSSR count). The van der Waals surface area contributed by atoms with E-state index in [2.05, 4.69) is 24.4 Å². The van der Waals surface area contributed by atoms with Gasteiger partial charge in [0, 0.05) is 18.6 Å². The molecule has 124 valence electrons. The van der Waals surface area contributed by atoms with Gasteiger partial charge in [0.1, 0.15) is 5.75 Å². The van der Waals surface area contributed by atoms with E-state index in [9.17, 15) is 4.79 Å². The van der Waals surface area contributed by atoms with Crippen LogP contribution in [0.1, 0.15) is 51.5 Å². The molecule has 23 heavy (non-hydrogen) atoms. The second-order valence-electron chi connectivity index (χ2n) is 5.90. The molecular weight excluding hydrogens is 290 g/mol. The molecule has 0 unspecified atom stereocenters. The summed E-state index contributed by atoms with van der Waals surface area (Å²) in [5.41, 5.74) is 5.23. The van der Waals surface area contributed by atoms with Crippen molar-refractivity contribution in [1.82, 2.24) is 5.43 Å². The van der Waals surface area contributed by atoms with Gasteiger partial charge in [0.25, 0.3) is 0 Å². The van der Waals surface area contributed by atoms with E-state index >= 15 is 0 Å². The summed E-state index contributed by atoms with van der Waals surface area (Å²) in [7, 11) is 0. The maximum Gasteiger partial charge on any atom is 0.240 e. The van der Waals surface area contributed by atoms with Crippen LogP contribution >= 0.6 is 0 Å². The summed E-state index contributed by atoms with van der Waals surface area (Å²) in [6, 6.07) is 7.78. The van der Waals surface area contributed by atoms with Crippen LogP contribution in [0.25, 0.3) is 0 Å². The molecular formula is C18H25N3O2. The molecule has 5 heteroatoms. The van der Waals surface area contributed by atoms with E-state index in [1.165, 1.54) is 0 Å². The number of benzene rings is 1. The van der Waals surface area contributed by atoms with Gasteiger partial charge in [-0.15, -0.1) is 0 Å². The molecule has 0 bridgehead atoms. The van der Waals surface area contributed by atoms with Crippen molar-refractivity contribution >= 4 is 17.3 Å². The van der Waals surface area contributed by atoms with E-state index in [1.54, 1.807) is 0 Å². The number of carbonyl (C=O) groups excluding carboxylic acids is 1. The Kier molecular flexibility index (Phi) is 6.32. The number of rotatable bonds is 8. The SMILES string of the molecule is CC[C@@H](C)C(=N)CCCOc1ccc(C2=NNC(=O)CC2)cc1. The highest BCUT2D eigenvalue weighted by atomic mass is 16.5. The Hall–Kier alpha value is -2.17. The van der Waals surface area contributed by atoms with Gasteiger partial charge >= 0.3 is 0 Å². The summed E-state index contributed by atoms with van der Waals surface area (Å²) >= 11 is 0. The van der Waals surface area contributed by atoms with Gasteiger partial charge in [0.15, 0.2) is 0 Å². The molecule has 0 fully saturated rings. The predicted molar refractivity (Wildman–Crippen MR) is 92.3 cm³/mol. The van der Waals surface area contributed by atoms with Crippen LogP contribution in [0.2, 0.25) is 0 Å². The number of hydrogen-bond acceptors (Lipinski definition) is 4. The Balaban J connectivity index is 1.77. The van der Waals surface area contributed by atoms with Gasteiger partial charge in [-0.3, -0.25) is 4.79 Å². The number of hydrogen-bond donors (Lipinski definition) is 2. The summed E-state index contributed by atoms with van der Waals surface area (Å²) in [6.07, 6.45) is 3.84. The van der Waals surface area contributed by atoms with Crippen LogP contribution in [0.3, 0.4) is 0 Å². The molecule has 0 spiro atoms. The Morgan fingerprint density at radius 1 is 1.35 bits per heavy atom. The van der Waals surface area contributed by atoms with E-state index < -0.39 is 0 Å². The van der Waals surface area contributed by atoms with Crippen molar-refractivity contribution in [3.63, 3.8) is 0 Å². The first-order valence-corrected chi connectivity index (χ1v) is 8.26. The van der Waals surface area contributed by atoms with Crippen molar-refractivity contribution in [2.45, 2.75) is 46.0 Å². The van der Waals surface area contributed by atoms with Crippen molar-refractivity contribution in [3.8, 4) is 5.75 Å². The lowest BCUT2D eigenvalue weighted by Crippen LogP contribution is -2.25. The third-order valence-corrected chi connectivity index (χ3v) is 4.16. The number of nitrogens with one attached hydrogen (secondary N) is 2. The second kappa shape index (κ2) is 8.46. The quantitative estimate of drug-likeness (QED) is 0.569. The van der Waals surface area contributed by atoms with Crippen LogP contribution in [-0.4, -0.2) is 23.9 Å². The maximum atomic E-state index is 11.1. The van der Waals surface area contributed by atoms with Crippen LogP contribution in [-0.2, 0) is 4.79 Å². The van der Waals surface area contributed by atoms with Crippen molar-refractivity contribution in [2.24, 2.45) is 11.0 Å². The van der Waals surface area contributed by atoms with Crippen molar-refractivity contribution in [2.75, 3.05) is 6.61 Å². The average molecular weight is 315 g/mol. The number of hydrazone groups is 1. The molecule has 2 N–H and O–H groups in total. The number of ether oxygens (including phenoxy) is 1. The van der Waals surface area contributed by atoms with E-state index in [-0.39, 0.29) is 5.91 Å². The van der Waals surface area contributed by atoms with E-state index in [1.807, 2.05) is 24.3 Å². The van der Waals surface area contributed by atoms with E-state index in [0.29, 0.717) is 25.4 Å². The first-order valence-electron chi connectivity index (χ1n) is 8.26. The summed E-state index contributed by atoms with van der Waals surface area (Å²) in [6.45, 7) is 4.83. The smallest absolute Gasteiger partial charge is 0.240 e. The molecule has 1 atom stereocenters. The topological polar surface area (TPSA) is 74.5 Å². The van der Waals surface area contributed by atoms with Crippen LogP contribution < -0.4 is 10.2 Å². The fourth-order valence-corrected chi connectivity index (χ4v) is 2.37. The van der Waals surface area contributed by atoms with Crippen LogP contribution in [0.5, 0.6) is 5.75 Å². The molecule has 1 aromatic carbocycles. The van der Waals surface area contributed by atoms with E-state index in [4.69, 9.17) is 10.1 Å². The Morgan fingerprint density at radius 2 is 2.09 bits per heavy atom. The van der Waals surface area contributed by atoms with Gasteiger partial charge in [-0.2, -0.15) is 5.10 Å². The lowest BCUT2D eigenvalue weighted by molar-refractivity contribution is -0.121. The zero-order valence-electron chi connectivity index (χ0n) is 13.9. The van der Waals surface area contributed by atoms with Gasteiger partial charge in [0.05, 0.1) is 12.3 Å². The molecule has 0 saturated carbocycles. The van der Waals surface area contributed by atoms with Gasteiger partial charge in [-0.1, -0.05) is 13.8 Å². The monoisotopic (exact) mass is 315 g/mol. The van der Waals surface area contributed by atoms with Crippen molar-refractivity contribution in [1.29, 1.82) is 5.41 Å². The highest BCUT2D eigenvalue weighted by molar-refractivity contribution is 6.04. The highest BCUT2D eigenvalue weighted by Gasteiger charge is 2.13. The predicted octanol–water partition coefficient (Wildman–Crippen LogP) is 3.53. The Bertz CT molecular complexity index is 578. The van der Waals surface area contributed by atoms with Crippen molar-refractivity contribution < 1.29 is 9.53 Å².